The molecule has 0 radical (unpaired) electrons. The Kier molecular flexibility index (Phi) is 5.16. The first-order chi connectivity index (χ1) is 12.3. The van der Waals surface area contributed by atoms with Gasteiger partial charge in [-0.05, 0) is 37.3 Å². The largest absolute Gasteiger partial charge is 0.493 e. The lowest BCUT2D eigenvalue weighted by Gasteiger charge is -2.07. The zero-order chi connectivity index (χ0) is 17.5. The van der Waals surface area contributed by atoms with Crippen molar-refractivity contribution in [3.63, 3.8) is 0 Å². The minimum atomic E-state index is -0.389. The van der Waals surface area contributed by atoms with Gasteiger partial charge in [0.05, 0.1) is 24.2 Å². The number of carbonyl (C=O) groups is 1. The molecule has 0 aliphatic carbocycles. The van der Waals surface area contributed by atoms with E-state index in [2.05, 4.69) is 25.7 Å². The normalized spacial score (nSPS) is 10.8. The lowest BCUT2D eigenvalue weighted by Crippen LogP contribution is -2.18. The summed E-state index contributed by atoms with van der Waals surface area (Å²) in [5, 5.41) is 10.8. The van der Waals surface area contributed by atoms with Crippen LogP contribution in [0.5, 0.6) is 5.75 Å². The van der Waals surface area contributed by atoms with Gasteiger partial charge in [-0.3, -0.25) is 14.9 Å². The summed E-state index contributed by atoms with van der Waals surface area (Å²) in [6.45, 7) is 2.47. The van der Waals surface area contributed by atoms with Crippen LogP contribution >= 0.6 is 0 Å². The number of hydrazone groups is 1. The number of rotatable bonds is 6. The molecule has 1 amide bonds. The molecule has 2 aromatic heterocycles. The van der Waals surface area contributed by atoms with Crippen molar-refractivity contribution in [2.45, 2.75) is 6.92 Å². The van der Waals surface area contributed by atoms with Gasteiger partial charge in [0.15, 0.2) is 0 Å². The number of hydrogen-bond acceptors (Lipinski definition) is 5. The second-order valence-corrected chi connectivity index (χ2v) is 5.05. The van der Waals surface area contributed by atoms with Gasteiger partial charge in [-0.2, -0.15) is 10.2 Å². The molecule has 0 saturated heterocycles. The topological polar surface area (TPSA) is 92.3 Å². The highest BCUT2D eigenvalue weighted by Gasteiger charge is 2.13. The highest BCUT2D eigenvalue weighted by atomic mass is 16.5. The predicted molar refractivity (Wildman–Crippen MR) is 94.5 cm³/mol. The number of benzene rings is 1. The molecule has 0 aliphatic heterocycles. The van der Waals surface area contributed by atoms with E-state index in [9.17, 15) is 4.79 Å². The number of nitrogens with one attached hydrogen (secondary N) is 2. The fourth-order valence-electron chi connectivity index (χ4n) is 2.21. The van der Waals surface area contributed by atoms with Gasteiger partial charge >= 0.3 is 0 Å². The highest BCUT2D eigenvalue weighted by molar-refractivity contribution is 5.94. The first-order valence-corrected chi connectivity index (χ1v) is 7.80. The van der Waals surface area contributed by atoms with Crippen LogP contribution in [0.4, 0.5) is 0 Å². The van der Waals surface area contributed by atoms with E-state index in [0.29, 0.717) is 23.7 Å². The fraction of sp³-hybridized carbons (Fsp3) is 0.111. The van der Waals surface area contributed by atoms with E-state index in [0.717, 1.165) is 11.3 Å². The number of aromatic amines is 1. The third-order valence-electron chi connectivity index (χ3n) is 3.34. The third kappa shape index (κ3) is 4.08. The lowest BCUT2D eigenvalue weighted by atomic mass is 10.1. The molecule has 0 fully saturated rings. The number of para-hydroxylation sites is 1. The maximum Gasteiger partial charge on any atom is 0.289 e. The summed E-state index contributed by atoms with van der Waals surface area (Å²) in [5.41, 5.74) is 4.84. The number of carbonyl (C=O) groups excluding carboxylic acids is 1. The molecule has 0 saturated carbocycles. The summed E-state index contributed by atoms with van der Waals surface area (Å²) < 4.78 is 5.59. The van der Waals surface area contributed by atoms with Gasteiger partial charge in [0.25, 0.3) is 5.91 Å². The number of ether oxygens (including phenoxy) is 1. The number of nitrogens with zero attached hydrogens (tertiary/aromatic N) is 3. The van der Waals surface area contributed by atoms with Crippen LogP contribution < -0.4 is 10.2 Å². The molecule has 2 N–H and O–H groups in total. The van der Waals surface area contributed by atoms with Crippen LogP contribution in [0.25, 0.3) is 11.3 Å². The summed E-state index contributed by atoms with van der Waals surface area (Å²) in [5.74, 6) is 0.330. The number of H-pyrrole nitrogens is 1. The van der Waals surface area contributed by atoms with Gasteiger partial charge < -0.3 is 4.74 Å². The van der Waals surface area contributed by atoms with Crippen LogP contribution in [0.2, 0.25) is 0 Å². The monoisotopic (exact) mass is 335 g/mol. The van der Waals surface area contributed by atoms with Gasteiger partial charge in [-0.15, -0.1) is 0 Å². The smallest absolute Gasteiger partial charge is 0.289 e. The Bertz CT molecular complexity index is 874. The Balaban J connectivity index is 1.71. The van der Waals surface area contributed by atoms with Crippen LogP contribution in [0, 0.1) is 0 Å². The average molecular weight is 335 g/mol. The van der Waals surface area contributed by atoms with E-state index in [-0.39, 0.29) is 5.91 Å². The standard InChI is InChI=1S/C18H17N5O2/c1-2-25-17-9-4-3-8-14(17)15-11-16(22-21-15)18(24)23-20-12-13-7-5-6-10-19-13/h3-12H,2H2,1H3,(H,21,22)(H,23,24). The molecule has 25 heavy (non-hydrogen) atoms. The third-order valence-corrected chi connectivity index (χ3v) is 3.34. The molecule has 0 atom stereocenters. The number of hydrogen-bond donors (Lipinski definition) is 2. The molecular formula is C18H17N5O2. The Labute approximate surface area is 144 Å². The van der Waals surface area contributed by atoms with Crippen LogP contribution in [-0.4, -0.2) is 33.9 Å². The predicted octanol–water partition coefficient (Wildman–Crippen LogP) is 2.63. The highest BCUT2D eigenvalue weighted by Crippen LogP contribution is 2.28. The first-order valence-electron chi connectivity index (χ1n) is 7.80. The maximum atomic E-state index is 12.1. The maximum absolute atomic E-state index is 12.1. The summed E-state index contributed by atoms with van der Waals surface area (Å²) in [4.78, 5) is 16.2. The van der Waals surface area contributed by atoms with Crippen molar-refractivity contribution in [1.29, 1.82) is 0 Å². The number of pyridine rings is 1. The molecule has 0 unspecified atom stereocenters. The molecule has 3 aromatic rings. The summed E-state index contributed by atoms with van der Waals surface area (Å²) in [6.07, 6.45) is 3.12. The van der Waals surface area contributed by atoms with E-state index < -0.39 is 0 Å². The van der Waals surface area contributed by atoms with Crippen molar-refractivity contribution < 1.29 is 9.53 Å². The first kappa shape index (κ1) is 16.4. The van der Waals surface area contributed by atoms with Gasteiger partial charge in [0.2, 0.25) is 0 Å². The van der Waals surface area contributed by atoms with E-state index in [4.69, 9.17) is 4.74 Å². The van der Waals surface area contributed by atoms with Crippen molar-refractivity contribution in [2.24, 2.45) is 5.10 Å². The molecular weight excluding hydrogens is 318 g/mol. The van der Waals surface area contributed by atoms with Crippen molar-refractivity contribution in [3.8, 4) is 17.0 Å². The van der Waals surface area contributed by atoms with Gasteiger partial charge in [-0.1, -0.05) is 18.2 Å². The van der Waals surface area contributed by atoms with Gasteiger partial charge in [-0.25, -0.2) is 5.43 Å². The Hall–Kier alpha value is -3.48. The zero-order valence-electron chi connectivity index (χ0n) is 13.6. The van der Waals surface area contributed by atoms with Crippen molar-refractivity contribution in [1.82, 2.24) is 20.6 Å². The van der Waals surface area contributed by atoms with E-state index in [1.807, 2.05) is 43.3 Å². The van der Waals surface area contributed by atoms with Gasteiger partial charge in [0.1, 0.15) is 11.4 Å². The second kappa shape index (κ2) is 7.87. The summed E-state index contributed by atoms with van der Waals surface area (Å²) in [6, 6.07) is 14.6. The van der Waals surface area contributed by atoms with Crippen molar-refractivity contribution in [3.05, 3.63) is 66.1 Å². The quantitative estimate of drug-likeness (QED) is 0.535. The number of amides is 1. The Morgan fingerprint density at radius 3 is 2.92 bits per heavy atom. The summed E-state index contributed by atoms with van der Waals surface area (Å²) >= 11 is 0. The molecule has 126 valence electrons. The minimum Gasteiger partial charge on any atom is -0.493 e. The molecule has 0 bridgehead atoms. The van der Waals surface area contributed by atoms with Crippen molar-refractivity contribution >= 4 is 12.1 Å². The van der Waals surface area contributed by atoms with Crippen LogP contribution in [0.3, 0.4) is 0 Å². The van der Waals surface area contributed by atoms with Gasteiger partial charge in [0, 0.05) is 11.8 Å². The van der Waals surface area contributed by atoms with E-state index in [1.165, 1.54) is 6.21 Å². The second-order valence-electron chi connectivity index (χ2n) is 5.05. The Morgan fingerprint density at radius 1 is 1.28 bits per heavy atom. The molecule has 3 rings (SSSR count). The molecule has 0 spiro atoms. The molecule has 7 heteroatoms. The van der Waals surface area contributed by atoms with E-state index >= 15 is 0 Å². The Morgan fingerprint density at radius 2 is 2.12 bits per heavy atom. The summed E-state index contributed by atoms with van der Waals surface area (Å²) in [7, 11) is 0. The van der Waals surface area contributed by atoms with Crippen LogP contribution in [0.1, 0.15) is 23.1 Å². The molecule has 0 aliphatic rings. The molecule has 2 heterocycles. The average Bonchev–Trinajstić information content (AvgIpc) is 3.13. The van der Waals surface area contributed by atoms with Crippen LogP contribution in [0.15, 0.2) is 59.8 Å². The molecule has 7 nitrogen and oxygen atoms in total. The zero-order valence-corrected chi connectivity index (χ0v) is 13.6. The van der Waals surface area contributed by atoms with Crippen LogP contribution in [-0.2, 0) is 0 Å². The van der Waals surface area contributed by atoms with E-state index in [1.54, 1.807) is 18.3 Å². The SMILES string of the molecule is CCOc1ccccc1-c1cc(C(=O)NN=Cc2ccccn2)[nH]n1. The minimum absolute atomic E-state index is 0.305. The van der Waals surface area contributed by atoms with Crippen molar-refractivity contribution in [2.75, 3.05) is 6.61 Å². The fourth-order valence-corrected chi connectivity index (χ4v) is 2.21. The lowest BCUT2D eigenvalue weighted by molar-refractivity contribution is 0.0950. The molecule has 1 aromatic carbocycles. The number of aromatic nitrogens is 3.